The zero-order chi connectivity index (χ0) is 15.2. The molecule has 0 fully saturated rings. The van der Waals surface area contributed by atoms with Gasteiger partial charge < -0.3 is 10.4 Å². The van der Waals surface area contributed by atoms with E-state index in [0.29, 0.717) is 24.2 Å². The maximum atomic E-state index is 12.9. The fourth-order valence-corrected chi connectivity index (χ4v) is 1.81. The van der Waals surface area contributed by atoms with Crippen molar-refractivity contribution in [1.82, 2.24) is 9.88 Å². The van der Waals surface area contributed by atoms with Crippen molar-refractivity contribution in [3.63, 3.8) is 0 Å². The highest BCUT2D eigenvalue weighted by molar-refractivity contribution is 5.93. The third-order valence-electron chi connectivity index (χ3n) is 2.90. The van der Waals surface area contributed by atoms with E-state index in [2.05, 4.69) is 5.32 Å². The van der Waals surface area contributed by atoms with Crippen LogP contribution in [0.1, 0.15) is 16.8 Å². The molecule has 2 N–H and O–H groups in total. The number of carbonyl (C=O) groups is 1. The Morgan fingerprint density at radius 1 is 1.19 bits per heavy atom. The van der Waals surface area contributed by atoms with Gasteiger partial charge in [0.1, 0.15) is 5.82 Å². The van der Waals surface area contributed by atoms with Gasteiger partial charge in [0.25, 0.3) is 11.5 Å². The molecular formula is C15H15FN2O3. The molecule has 0 spiro atoms. The van der Waals surface area contributed by atoms with E-state index in [1.165, 1.54) is 47.2 Å². The average Bonchev–Trinajstić information content (AvgIpc) is 2.49. The van der Waals surface area contributed by atoms with Crippen LogP contribution in [0.5, 0.6) is 0 Å². The molecule has 110 valence electrons. The third-order valence-corrected chi connectivity index (χ3v) is 2.90. The molecule has 2 rings (SSSR count). The summed E-state index contributed by atoms with van der Waals surface area (Å²) in [5.41, 5.74) is 0.483. The molecule has 5 nitrogen and oxygen atoms in total. The van der Waals surface area contributed by atoms with E-state index in [4.69, 9.17) is 5.11 Å². The zero-order valence-corrected chi connectivity index (χ0v) is 11.3. The molecule has 1 aromatic carbocycles. The highest BCUT2D eigenvalue weighted by atomic mass is 19.1. The first kappa shape index (κ1) is 14.9. The average molecular weight is 290 g/mol. The van der Waals surface area contributed by atoms with E-state index >= 15 is 0 Å². The molecule has 0 aliphatic rings. The summed E-state index contributed by atoms with van der Waals surface area (Å²) >= 11 is 0. The molecule has 0 aliphatic heterocycles. The number of hydrogen-bond donors (Lipinski definition) is 2. The van der Waals surface area contributed by atoms with Crippen molar-refractivity contribution in [3.8, 4) is 5.69 Å². The van der Waals surface area contributed by atoms with Gasteiger partial charge in [0, 0.05) is 31.1 Å². The van der Waals surface area contributed by atoms with Crippen LogP contribution in [-0.4, -0.2) is 28.7 Å². The lowest BCUT2D eigenvalue weighted by atomic mass is 10.2. The van der Waals surface area contributed by atoms with Crippen molar-refractivity contribution in [1.29, 1.82) is 0 Å². The fourth-order valence-electron chi connectivity index (χ4n) is 1.81. The standard InChI is InChI=1S/C15H15FN2O3/c16-12-3-5-13(6-4-12)18-10-11(2-7-14(18)20)15(21)17-8-1-9-19/h2-7,10,19H,1,8-9H2,(H,17,21). The molecule has 0 radical (unpaired) electrons. The molecule has 1 heterocycles. The molecule has 0 unspecified atom stereocenters. The summed E-state index contributed by atoms with van der Waals surface area (Å²) in [6.45, 7) is 0.348. The van der Waals surface area contributed by atoms with Gasteiger partial charge in [-0.25, -0.2) is 4.39 Å². The van der Waals surface area contributed by atoms with Crippen LogP contribution < -0.4 is 10.9 Å². The summed E-state index contributed by atoms with van der Waals surface area (Å²) < 4.78 is 14.2. The number of carbonyl (C=O) groups excluding carboxylic acids is 1. The molecule has 21 heavy (non-hydrogen) atoms. The van der Waals surface area contributed by atoms with Crippen molar-refractivity contribution in [2.45, 2.75) is 6.42 Å². The van der Waals surface area contributed by atoms with Gasteiger partial charge in [-0.2, -0.15) is 0 Å². The number of aliphatic hydroxyl groups excluding tert-OH is 1. The number of amides is 1. The van der Waals surface area contributed by atoms with E-state index in [-0.39, 0.29) is 18.1 Å². The SMILES string of the molecule is O=C(NCCCO)c1ccc(=O)n(-c2ccc(F)cc2)c1. The number of nitrogens with zero attached hydrogens (tertiary/aromatic N) is 1. The Morgan fingerprint density at radius 3 is 2.57 bits per heavy atom. The first-order valence-corrected chi connectivity index (χ1v) is 6.49. The minimum Gasteiger partial charge on any atom is -0.396 e. The smallest absolute Gasteiger partial charge is 0.255 e. The summed E-state index contributed by atoms with van der Waals surface area (Å²) in [5.74, 6) is -0.732. The fraction of sp³-hybridized carbons (Fsp3) is 0.200. The van der Waals surface area contributed by atoms with Gasteiger partial charge in [-0.05, 0) is 36.8 Å². The van der Waals surface area contributed by atoms with Gasteiger partial charge in [-0.1, -0.05) is 0 Å². The molecule has 1 aromatic heterocycles. The van der Waals surface area contributed by atoms with Crippen LogP contribution in [-0.2, 0) is 0 Å². The number of aromatic nitrogens is 1. The van der Waals surface area contributed by atoms with Crippen LogP contribution in [0.15, 0.2) is 47.4 Å². The molecule has 0 aliphatic carbocycles. The van der Waals surface area contributed by atoms with Gasteiger partial charge in [0.2, 0.25) is 0 Å². The molecule has 2 aromatic rings. The molecule has 1 amide bonds. The van der Waals surface area contributed by atoms with Gasteiger partial charge in [-0.3, -0.25) is 14.2 Å². The van der Waals surface area contributed by atoms with Gasteiger partial charge >= 0.3 is 0 Å². The first-order chi connectivity index (χ1) is 10.1. The number of hydrogen-bond acceptors (Lipinski definition) is 3. The van der Waals surface area contributed by atoms with Crippen molar-refractivity contribution >= 4 is 5.91 Å². The number of nitrogens with one attached hydrogen (secondary N) is 1. The van der Waals surface area contributed by atoms with Crippen LogP contribution in [0, 0.1) is 5.82 Å². The van der Waals surface area contributed by atoms with Crippen LogP contribution in [0.3, 0.4) is 0 Å². The lowest BCUT2D eigenvalue weighted by Gasteiger charge is -2.08. The Labute approximate surface area is 120 Å². The minimum atomic E-state index is -0.398. The van der Waals surface area contributed by atoms with E-state index in [1.807, 2.05) is 0 Å². The second kappa shape index (κ2) is 6.81. The normalized spacial score (nSPS) is 10.4. The Balaban J connectivity index is 2.27. The lowest BCUT2D eigenvalue weighted by molar-refractivity contribution is 0.0950. The number of pyridine rings is 1. The summed E-state index contributed by atoms with van der Waals surface area (Å²) in [4.78, 5) is 23.7. The highest BCUT2D eigenvalue weighted by Crippen LogP contribution is 2.08. The topological polar surface area (TPSA) is 71.3 Å². The maximum absolute atomic E-state index is 12.9. The molecule has 0 saturated carbocycles. The Morgan fingerprint density at radius 2 is 1.90 bits per heavy atom. The van der Waals surface area contributed by atoms with E-state index in [1.54, 1.807) is 0 Å². The van der Waals surface area contributed by atoms with Gasteiger partial charge in [-0.15, -0.1) is 0 Å². The largest absolute Gasteiger partial charge is 0.396 e. The molecule has 0 bridgehead atoms. The van der Waals surface area contributed by atoms with Crippen molar-refractivity contribution in [2.75, 3.05) is 13.2 Å². The first-order valence-electron chi connectivity index (χ1n) is 6.49. The summed E-state index contributed by atoms with van der Waals surface area (Å²) in [7, 11) is 0. The second-order valence-corrected chi connectivity index (χ2v) is 4.44. The van der Waals surface area contributed by atoms with E-state index in [9.17, 15) is 14.0 Å². The van der Waals surface area contributed by atoms with Crippen LogP contribution in [0.2, 0.25) is 0 Å². The monoisotopic (exact) mass is 290 g/mol. The van der Waals surface area contributed by atoms with Crippen LogP contribution in [0.4, 0.5) is 4.39 Å². The van der Waals surface area contributed by atoms with Crippen molar-refractivity contribution < 1.29 is 14.3 Å². The Bertz CT molecular complexity index is 680. The van der Waals surface area contributed by atoms with Gasteiger partial charge in [0.15, 0.2) is 0 Å². The van der Waals surface area contributed by atoms with Crippen molar-refractivity contribution in [3.05, 3.63) is 64.3 Å². The number of rotatable bonds is 5. The molecule has 0 atom stereocenters. The number of halogens is 1. The molecule has 0 saturated heterocycles. The van der Waals surface area contributed by atoms with E-state index in [0.717, 1.165) is 0 Å². The predicted molar refractivity (Wildman–Crippen MR) is 76.0 cm³/mol. The molecular weight excluding hydrogens is 275 g/mol. The quantitative estimate of drug-likeness (QED) is 0.810. The van der Waals surface area contributed by atoms with E-state index < -0.39 is 5.82 Å². The van der Waals surface area contributed by atoms with Crippen molar-refractivity contribution in [2.24, 2.45) is 0 Å². The minimum absolute atomic E-state index is 0.00461. The van der Waals surface area contributed by atoms with Crippen LogP contribution >= 0.6 is 0 Å². The summed E-state index contributed by atoms with van der Waals surface area (Å²) in [5, 5.41) is 11.3. The second-order valence-electron chi connectivity index (χ2n) is 4.44. The third kappa shape index (κ3) is 3.76. The zero-order valence-electron chi connectivity index (χ0n) is 11.3. The number of benzene rings is 1. The number of aliphatic hydroxyl groups is 1. The lowest BCUT2D eigenvalue weighted by Crippen LogP contribution is -2.27. The summed E-state index contributed by atoms with van der Waals surface area (Å²) in [6, 6.07) is 8.13. The molecule has 6 heteroatoms. The predicted octanol–water partition coefficient (Wildman–Crippen LogP) is 1.09. The summed E-state index contributed by atoms with van der Waals surface area (Å²) in [6.07, 6.45) is 1.87. The van der Waals surface area contributed by atoms with Crippen LogP contribution in [0.25, 0.3) is 5.69 Å². The van der Waals surface area contributed by atoms with Gasteiger partial charge in [0.05, 0.1) is 5.56 Å². The highest BCUT2D eigenvalue weighted by Gasteiger charge is 2.08. The maximum Gasteiger partial charge on any atom is 0.255 e. The Kier molecular flexibility index (Phi) is 4.84. The Hall–Kier alpha value is -2.47.